The Morgan fingerprint density at radius 2 is 1.85 bits per heavy atom. The molecule has 0 saturated heterocycles. The van der Waals surface area contributed by atoms with Gasteiger partial charge in [-0.1, -0.05) is 41.7 Å². The number of rotatable bonds is 6. The van der Waals surface area contributed by atoms with Crippen molar-refractivity contribution in [2.75, 3.05) is 11.5 Å². The average molecular weight is 402 g/mol. The van der Waals surface area contributed by atoms with Gasteiger partial charge in [0.25, 0.3) is 5.91 Å². The Kier molecular flexibility index (Phi) is 5.98. The van der Waals surface area contributed by atoms with Gasteiger partial charge in [-0.2, -0.15) is 0 Å². The number of nitrogens with zero attached hydrogens (tertiary/aromatic N) is 3. The first-order chi connectivity index (χ1) is 13.0. The number of ether oxygens (including phenoxy) is 1. The van der Waals surface area contributed by atoms with Gasteiger partial charge < -0.3 is 4.74 Å². The lowest BCUT2D eigenvalue weighted by Gasteiger charge is -2.19. The standard InChI is InChI=1S/C19H19N3O3S2/c1-4-25-18(24)16-13(3)21-19(27-16)22(10-14-8-6-5-7-9-14)17(23)15-12(2)20-11-26-15/h5-9,11H,4,10H2,1-3H3. The van der Waals surface area contributed by atoms with Crippen LogP contribution in [0.1, 0.15) is 43.2 Å². The molecule has 0 radical (unpaired) electrons. The predicted molar refractivity (Wildman–Crippen MR) is 107 cm³/mol. The molecule has 0 atom stereocenters. The highest BCUT2D eigenvalue weighted by Gasteiger charge is 2.27. The molecular formula is C19H19N3O3S2. The number of carbonyl (C=O) groups excluding carboxylic acids is 2. The molecule has 2 heterocycles. The van der Waals surface area contributed by atoms with E-state index in [-0.39, 0.29) is 12.5 Å². The maximum atomic E-state index is 13.2. The van der Waals surface area contributed by atoms with Crippen molar-refractivity contribution < 1.29 is 14.3 Å². The number of hydrogen-bond acceptors (Lipinski definition) is 7. The van der Waals surface area contributed by atoms with Gasteiger partial charge in [0.05, 0.1) is 30.1 Å². The fourth-order valence-corrected chi connectivity index (χ4v) is 4.21. The van der Waals surface area contributed by atoms with Gasteiger partial charge in [0, 0.05) is 0 Å². The van der Waals surface area contributed by atoms with Crippen molar-refractivity contribution in [3.63, 3.8) is 0 Å². The molecule has 0 bridgehead atoms. The third kappa shape index (κ3) is 4.23. The second kappa shape index (κ2) is 8.41. The molecule has 0 saturated carbocycles. The summed E-state index contributed by atoms with van der Waals surface area (Å²) in [5.74, 6) is -0.595. The SMILES string of the molecule is CCOC(=O)c1sc(N(Cc2ccccc2)C(=O)c2scnc2C)nc1C. The molecular weight excluding hydrogens is 382 g/mol. The summed E-state index contributed by atoms with van der Waals surface area (Å²) in [5.41, 5.74) is 3.86. The van der Waals surface area contributed by atoms with Gasteiger partial charge in [-0.3, -0.25) is 9.69 Å². The lowest BCUT2D eigenvalue weighted by atomic mass is 10.2. The van der Waals surface area contributed by atoms with Crippen LogP contribution in [0.2, 0.25) is 0 Å². The normalized spacial score (nSPS) is 10.6. The van der Waals surface area contributed by atoms with Gasteiger partial charge >= 0.3 is 5.97 Å². The summed E-state index contributed by atoms with van der Waals surface area (Å²) in [4.78, 5) is 36.6. The summed E-state index contributed by atoms with van der Waals surface area (Å²) in [6.07, 6.45) is 0. The zero-order chi connectivity index (χ0) is 19.4. The molecule has 140 valence electrons. The van der Waals surface area contributed by atoms with Crippen LogP contribution >= 0.6 is 22.7 Å². The molecule has 0 aliphatic carbocycles. The van der Waals surface area contributed by atoms with Crippen LogP contribution in [0.4, 0.5) is 5.13 Å². The number of thiazole rings is 2. The van der Waals surface area contributed by atoms with Crippen LogP contribution in [0.25, 0.3) is 0 Å². The summed E-state index contributed by atoms with van der Waals surface area (Å²) in [5, 5.41) is 0.470. The molecule has 0 unspecified atom stereocenters. The average Bonchev–Trinajstić information content (AvgIpc) is 3.26. The van der Waals surface area contributed by atoms with Crippen LogP contribution in [0.5, 0.6) is 0 Å². The molecule has 0 N–H and O–H groups in total. The molecule has 1 amide bonds. The Morgan fingerprint density at radius 3 is 2.48 bits per heavy atom. The number of esters is 1. The summed E-state index contributed by atoms with van der Waals surface area (Å²) in [6.45, 7) is 5.95. The quantitative estimate of drug-likeness (QED) is 0.578. The Labute approximate surface area is 165 Å². The van der Waals surface area contributed by atoms with Crippen molar-refractivity contribution in [1.82, 2.24) is 9.97 Å². The molecule has 0 spiro atoms. The van der Waals surface area contributed by atoms with Crippen LogP contribution < -0.4 is 4.90 Å². The monoisotopic (exact) mass is 401 g/mol. The molecule has 27 heavy (non-hydrogen) atoms. The van der Waals surface area contributed by atoms with Crippen molar-refractivity contribution in [1.29, 1.82) is 0 Å². The third-order valence-corrected chi connectivity index (χ3v) is 5.92. The lowest BCUT2D eigenvalue weighted by Crippen LogP contribution is -2.30. The van der Waals surface area contributed by atoms with Crippen LogP contribution in [-0.4, -0.2) is 28.5 Å². The molecule has 3 aromatic rings. The lowest BCUT2D eigenvalue weighted by molar-refractivity contribution is 0.0531. The molecule has 0 aliphatic rings. The van der Waals surface area contributed by atoms with E-state index >= 15 is 0 Å². The minimum atomic E-state index is -0.417. The molecule has 8 heteroatoms. The van der Waals surface area contributed by atoms with Gasteiger partial charge in [-0.15, -0.1) is 11.3 Å². The number of amides is 1. The highest BCUT2D eigenvalue weighted by molar-refractivity contribution is 7.18. The molecule has 1 aromatic carbocycles. The van der Waals surface area contributed by atoms with E-state index in [1.807, 2.05) is 37.3 Å². The van der Waals surface area contributed by atoms with Crippen molar-refractivity contribution in [2.24, 2.45) is 0 Å². The Bertz CT molecular complexity index is 950. The molecule has 2 aromatic heterocycles. The van der Waals surface area contributed by atoms with E-state index in [1.54, 1.807) is 24.3 Å². The smallest absolute Gasteiger partial charge is 0.350 e. The van der Waals surface area contributed by atoms with Crippen molar-refractivity contribution in [3.8, 4) is 0 Å². The number of hydrogen-bond donors (Lipinski definition) is 0. The highest BCUT2D eigenvalue weighted by atomic mass is 32.1. The largest absolute Gasteiger partial charge is 0.462 e. The van der Waals surface area contributed by atoms with Crippen LogP contribution in [-0.2, 0) is 11.3 Å². The van der Waals surface area contributed by atoms with E-state index in [4.69, 9.17) is 4.74 Å². The number of aromatic nitrogens is 2. The predicted octanol–water partition coefficient (Wildman–Crippen LogP) is 4.24. The Morgan fingerprint density at radius 1 is 1.11 bits per heavy atom. The maximum Gasteiger partial charge on any atom is 0.350 e. The number of anilines is 1. The van der Waals surface area contributed by atoms with Crippen LogP contribution in [0, 0.1) is 13.8 Å². The first kappa shape index (κ1) is 19.2. The van der Waals surface area contributed by atoms with Gasteiger partial charge in [-0.05, 0) is 26.3 Å². The van der Waals surface area contributed by atoms with E-state index in [0.29, 0.717) is 32.8 Å². The summed E-state index contributed by atoms with van der Waals surface area (Å²) in [6, 6.07) is 9.68. The van der Waals surface area contributed by atoms with Crippen LogP contribution in [0.3, 0.4) is 0 Å². The van der Waals surface area contributed by atoms with E-state index in [2.05, 4.69) is 9.97 Å². The van der Waals surface area contributed by atoms with Crippen LogP contribution in [0.15, 0.2) is 35.8 Å². The molecule has 3 rings (SSSR count). The first-order valence-electron chi connectivity index (χ1n) is 8.41. The molecule has 0 aliphatic heterocycles. The van der Waals surface area contributed by atoms with Crippen molar-refractivity contribution in [2.45, 2.75) is 27.3 Å². The van der Waals surface area contributed by atoms with E-state index < -0.39 is 5.97 Å². The zero-order valence-electron chi connectivity index (χ0n) is 15.3. The summed E-state index contributed by atoms with van der Waals surface area (Å²) in [7, 11) is 0. The van der Waals surface area contributed by atoms with Gasteiger partial charge in [0.2, 0.25) is 0 Å². The van der Waals surface area contributed by atoms with Gasteiger partial charge in [0.15, 0.2) is 5.13 Å². The Hall–Kier alpha value is -2.58. The third-order valence-electron chi connectivity index (χ3n) is 3.85. The minimum absolute atomic E-state index is 0.178. The fraction of sp³-hybridized carbons (Fsp3) is 0.263. The van der Waals surface area contributed by atoms with Gasteiger partial charge in [0.1, 0.15) is 9.75 Å². The first-order valence-corrected chi connectivity index (χ1v) is 10.1. The summed E-state index contributed by atoms with van der Waals surface area (Å²) < 4.78 is 5.09. The minimum Gasteiger partial charge on any atom is -0.462 e. The number of aryl methyl sites for hydroxylation is 2. The maximum absolute atomic E-state index is 13.2. The van der Waals surface area contributed by atoms with Gasteiger partial charge in [-0.25, -0.2) is 14.8 Å². The highest BCUT2D eigenvalue weighted by Crippen LogP contribution is 2.30. The Balaban J connectivity index is 1.99. The zero-order valence-corrected chi connectivity index (χ0v) is 16.9. The van der Waals surface area contributed by atoms with Crippen molar-refractivity contribution >= 4 is 39.7 Å². The fourth-order valence-electron chi connectivity index (χ4n) is 2.51. The second-order valence-corrected chi connectivity index (χ2v) is 7.61. The second-order valence-electron chi connectivity index (χ2n) is 5.78. The van der Waals surface area contributed by atoms with E-state index in [0.717, 1.165) is 5.56 Å². The van der Waals surface area contributed by atoms with E-state index in [9.17, 15) is 9.59 Å². The topological polar surface area (TPSA) is 72.4 Å². The number of carbonyl (C=O) groups is 2. The van der Waals surface area contributed by atoms with E-state index in [1.165, 1.54) is 22.7 Å². The molecule has 6 nitrogen and oxygen atoms in total. The summed E-state index contributed by atoms with van der Waals surface area (Å²) >= 11 is 2.47. The molecule has 0 fully saturated rings. The van der Waals surface area contributed by atoms with Crippen molar-refractivity contribution in [3.05, 3.63) is 62.5 Å². The number of benzene rings is 1.